The van der Waals surface area contributed by atoms with Crippen molar-refractivity contribution in [3.63, 3.8) is 0 Å². The standard InChI is InChI=1S/C15H23N3O4/c1-4-7-17-14(21)15(22,10-12(16)19)11-13(20)18(8-5-2)9-6-3/h4-6,22H,1-3,7-11H2,(H2,16,19)(H,17,21). The number of carbonyl (C=O) groups excluding carboxylic acids is 3. The molecule has 4 N–H and O–H groups in total. The molecule has 1 unspecified atom stereocenters. The van der Waals surface area contributed by atoms with Crippen LogP contribution in [-0.4, -0.2) is 53.0 Å². The van der Waals surface area contributed by atoms with E-state index in [0.717, 1.165) is 0 Å². The number of carbonyl (C=O) groups is 3. The van der Waals surface area contributed by atoms with Crippen LogP contribution in [0.5, 0.6) is 0 Å². The number of primary amides is 1. The lowest BCUT2D eigenvalue weighted by Crippen LogP contribution is -2.52. The molecule has 0 heterocycles. The SMILES string of the molecule is C=CCNC(=O)C(O)(CC(N)=O)CC(=O)N(CC=C)CC=C. The summed E-state index contributed by atoms with van der Waals surface area (Å²) in [5.41, 5.74) is 2.86. The molecule has 0 saturated carbocycles. The molecular weight excluding hydrogens is 286 g/mol. The predicted molar refractivity (Wildman–Crippen MR) is 83.6 cm³/mol. The van der Waals surface area contributed by atoms with Gasteiger partial charge in [0.05, 0.1) is 12.8 Å². The summed E-state index contributed by atoms with van der Waals surface area (Å²) in [7, 11) is 0. The van der Waals surface area contributed by atoms with Crippen molar-refractivity contribution in [1.29, 1.82) is 0 Å². The smallest absolute Gasteiger partial charge is 0.253 e. The molecule has 0 aromatic carbocycles. The Hall–Kier alpha value is -2.41. The third-order valence-electron chi connectivity index (χ3n) is 2.79. The maximum absolute atomic E-state index is 12.2. The Morgan fingerprint density at radius 1 is 1.09 bits per heavy atom. The van der Waals surface area contributed by atoms with E-state index in [0.29, 0.717) is 0 Å². The minimum absolute atomic E-state index is 0.0944. The number of hydrogen-bond acceptors (Lipinski definition) is 4. The van der Waals surface area contributed by atoms with Gasteiger partial charge in [-0.2, -0.15) is 0 Å². The molecule has 0 aromatic rings. The van der Waals surface area contributed by atoms with Gasteiger partial charge in [-0.1, -0.05) is 18.2 Å². The number of aliphatic hydroxyl groups is 1. The molecule has 1 atom stereocenters. The van der Waals surface area contributed by atoms with E-state index < -0.39 is 36.2 Å². The summed E-state index contributed by atoms with van der Waals surface area (Å²) in [5.74, 6) is -2.25. The average Bonchev–Trinajstić information content (AvgIpc) is 2.43. The van der Waals surface area contributed by atoms with E-state index in [4.69, 9.17) is 5.73 Å². The van der Waals surface area contributed by atoms with Crippen LogP contribution < -0.4 is 11.1 Å². The van der Waals surface area contributed by atoms with Gasteiger partial charge in [-0.15, -0.1) is 19.7 Å². The van der Waals surface area contributed by atoms with Crippen molar-refractivity contribution in [1.82, 2.24) is 10.2 Å². The van der Waals surface area contributed by atoms with Gasteiger partial charge in [-0.05, 0) is 0 Å². The van der Waals surface area contributed by atoms with Gasteiger partial charge in [-0.25, -0.2) is 0 Å². The van der Waals surface area contributed by atoms with Crippen LogP contribution >= 0.6 is 0 Å². The van der Waals surface area contributed by atoms with Gasteiger partial charge in [-0.3, -0.25) is 14.4 Å². The van der Waals surface area contributed by atoms with Crippen LogP contribution in [0.15, 0.2) is 38.0 Å². The molecule has 0 saturated heterocycles. The second-order valence-corrected chi connectivity index (χ2v) is 4.73. The third-order valence-corrected chi connectivity index (χ3v) is 2.79. The van der Waals surface area contributed by atoms with Crippen molar-refractivity contribution in [2.45, 2.75) is 18.4 Å². The zero-order valence-electron chi connectivity index (χ0n) is 12.6. The highest BCUT2D eigenvalue weighted by Gasteiger charge is 2.40. The number of rotatable bonds is 11. The number of amides is 3. The molecule has 0 aliphatic rings. The van der Waals surface area contributed by atoms with Crippen LogP contribution in [0.3, 0.4) is 0 Å². The molecule has 0 aliphatic heterocycles. The van der Waals surface area contributed by atoms with Crippen LogP contribution in [0, 0.1) is 0 Å². The lowest BCUT2D eigenvalue weighted by atomic mass is 9.93. The van der Waals surface area contributed by atoms with Crippen LogP contribution in [0.2, 0.25) is 0 Å². The van der Waals surface area contributed by atoms with Crippen molar-refractivity contribution < 1.29 is 19.5 Å². The average molecular weight is 309 g/mol. The molecule has 0 radical (unpaired) electrons. The fourth-order valence-electron chi connectivity index (χ4n) is 1.79. The van der Waals surface area contributed by atoms with Gasteiger partial charge in [0.25, 0.3) is 5.91 Å². The number of nitrogens with two attached hydrogens (primary N) is 1. The van der Waals surface area contributed by atoms with Gasteiger partial charge in [0.1, 0.15) is 0 Å². The Morgan fingerprint density at radius 2 is 1.64 bits per heavy atom. The Labute approximate surface area is 130 Å². The van der Waals surface area contributed by atoms with Crippen LogP contribution in [0.25, 0.3) is 0 Å². The number of hydrogen-bond donors (Lipinski definition) is 3. The molecule has 0 aromatic heterocycles. The summed E-state index contributed by atoms with van der Waals surface area (Å²) in [5, 5.41) is 12.7. The van der Waals surface area contributed by atoms with E-state index in [9.17, 15) is 19.5 Å². The minimum Gasteiger partial charge on any atom is -0.379 e. The van der Waals surface area contributed by atoms with E-state index >= 15 is 0 Å². The third kappa shape index (κ3) is 6.36. The minimum atomic E-state index is -2.20. The molecule has 7 nitrogen and oxygen atoms in total. The van der Waals surface area contributed by atoms with Gasteiger partial charge < -0.3 is 21.1 Å². The highest BCUT2D eigenvalue weighted by molar-refractivity contribution is 5.95. The van der Waals surface area contributed by atoms with Gasteiger partial charge in [0.2, 0.25) is 11.8 Å². The van der Waals surface area contributed by atoms with Gasteiger partial charge in [0, 0.05) is 19.6 Å². The topological polar surface area (TPSA) is 113 Å². The summed E-state index contributed by atoms with van der Waals surface area (Å²) in [6, 6.07) is 0. The molecule has 0 spiro atoms. The summed E-state index contributed by atoms with van der Waals surface area (Å²) < 4.78 is 0. The zero-order valence-corrected chi connectivity index (χ0v) is 12.6. The Bertz CT molecular complexity index is 452. The van der Waals surface area contributed by atoms with E-state index in [2.05, 4.69) is 25.1 Å². The van der Waals surface area contributed by atoms with E-state index in [1.807, 2.05) is 0 Å². The van der Waals surface area contributed by atoms with Crippen molar-refractivity contribution in [2.75, 3.05) is 19.6 Å². The van der Waals surface area contributed by atoms with E-state index in [-0.39, 0.29) is 19.6 Å². The van der Waals surface area contributed by atoms with Gasteiger partial charge >= 0.3 is 0 Å². The van der Waals surface area contributed by atoms with E-state index in [1.54, 1.807) is 0 Å². The molecule has 0 bridgehead atoms. The normalized spacial score (nSPS) is 12.6. The molecule has 0 rings (SSSR count). The van der Waals surface area contributed by atoms with Gasteiger partial charge in [0.15, 0.2) is 5.60 Å². The molecule has 3 amide bonds. The second-order valence-electron chi connectivity index (χ2n) is 4.73. The van der Waals surface area contributed by atoms with E-state index in [1.165, 1.54) is 23.1 Å². The molecule has 0 fully saturated rings. The molecule has 22 heavy (non-hydrogen) atoms. The summed E-state index contributed by atoms with van der Waals surface area (Å²) >= 11 is 0. The fraction of sp³-hybridized carbons (Fsp3) is 0.400. The maximum Gasteiger partial charge on any atom is 0.253 e. The first-order chi connectivity index (χ1) is 10.3. The fourth-order valence-corrected chi connectivity index (χ4v) is 1.79. The second kappa shape index (κ2) is 9.51. The van der Waals surface area contributed by atoms with Crippen molar-refractivity contribution in [2.24, 2.45) is 5.73 Å². The summed E-state index contributed by atoms with van der Waals surface area (Å²) in [6.45, 7) is 11.0. The summed E-state index contributed by atoms with van der Waals surface area (Å²) in [4.78, 5) is 36.7. The highest BCUT2D eigenvalue weighted by atomic mass is 16.3. The molecule has 122 valence electrons. The number of nitrogens with zero attached hydrogens (tertiary/aromatic N) is 1. The van der Waals surface area contributed by atoms with Crippen molar-refractivity contribution in [3.8, 4) is 0 Å². The quantitative estimate of drug-likeness (QED) is 0.446. The molecule has 7 heteroatoms. The first-order valence-corrected chi connectivity index (χ1v) is 6.70. The first-order valence-electron chi connectivity index (χ1n) is 6.70. The Kier molecular flexibility index (Phi) is 8.47. The Balaban J connectivity index is 5.17. The van der Waals surface area contributed by atoms with Crippen LogP contribution in [0.1, 0.15) is 12.8 Å². The zero-order chi connectivity index (χ0) is 17.2. The molecular formula is C15H23N3O4. The highest BCUT2D eigenvalue weighted by Crippen LogP contribution is 2.17. The lowest BCUT2D eigenvalue weighted by molar-refractivity contribution is -0.151. The van der Waals surface area contributed by atoms with Crippen LogP contribution in [-0.2, 0) is 14.4 Å². The monoisotopic (exact) mass is 309 g/mol. The molecule has 0 aliphatic carbocycles. The maximum atomic E-state index is 12.2. The predicted octanol–water partition coefficient (Wildman–Crippen LogP) is -0.514. The van der Waals surface area contributed by atoms with Crippen LogP contribution in [0.4, 0.5) is 0 Å². The largest absolute Gasteiger partial charge is 0.379 e. The van der Waals surface area contributed by atoms with Crippen molar-refractivity contribution in [3.05, 3.63) is 38.0 Å². The van der Waals surface area contributed by atoms with Crippen molar-refractivity contribution >= 4 is 17.7 Å². The first kappa shape index (κ1) is 19.6. The Morgan fingerprint density at radius 3 is 2.05 bits per heavy atom. The number of nitrogens with one attached hydrogen (secondary N) is 1. The lowest BCUT2D eigenvalue weighted by Gasteiger charge is -2.28. The summed E-state index contributed by atoms with van der Waals surface area (Å²) in [6.07, 6.45) is 3.20.